The Labute approximate surface area is 132 Å². The Bertz CT molecular complexity index is 634. The van der Waals surface area contributed by atoms with E-state index >= 15 is 0 Å². The second-order valence-electron chi connectivity index (χ2n) is 5.17. The summed E-state index contributed by atoms with van der Waals surface area (Å²) >= 11 is 6.28. The zero-order valence-corrected chi connectivity index (χ0v) is 13.5. The van der Waals surface area contributed by atoms with E-state index < -0.39 is 12.0 Å². The van der Waals surface area contributed by atoms with Gasteiger partial charge in [-0.1, -0.05) is 37.8 Å². The number of aliphatic carboxylic acids is 1. The molecule has 0 unspecified atom stereocenters. The molecule has 0 aromatic carbocycles. The number of carbonyl (C=O) groups excluding carboxylic acids is 2. The fraction of sp³-hybridized carbons (Fsp3) is 0.357. The van der Waals surface area contributed by atoms with Crippen molar-refractivity contribution in [2.75, 3.05) is 0 Å². The summed E-state index contributed by atoms with van der Waals surface area (Å²) in [4.78, 5) is 25.3. The Kier molecular flexibility index (Phi) is 4.53. The lowest BCUT2D eigenvalue weighted by Gasteiger charge is -2.30. The Morgan fingerprint density at radius 2 is 2.14 bits per heavy atom. The summed E-state index contributed by atoms with van der Waals surface area (Å²) in [5.41, 5.74) is 0.868. The molecule has 1 aromatic rings. The van der Waals surface area contributed by atoms with E-state index in [1.165, 1.54) is 0 Å². The number of amides is 1. The van der Waals surface area contributed by atoms with Gasteiger partial charge in [-0.3, -0.25) is 9.69 Å². The lowest BCUT2D eigenvalue weighted by Crippen LogP contribution is -2.52. The van der Waals surface area contributed by atoms with Crippen LogP contribution in [0, 0.1) is 5.92 Å². The first-order valence-corrected chi connectivity index (χ1v) is 7.63. The topological polar surface area (TPSA) is 65.4 Å². The number of carboxylic acids is 1. The zero-order chi connectivity index (χ0) is 15.7. The van der Waals surface area contributed by atoms with E-state index in [1.807, 2.05) is 30.1 Å². The minimum absolute atomic E-state index is 0.255. The second-order valence-corrected chi connectivity index (χ2v) is 6.85. The average molecular weight is 323 g/mol. The third-order valence-electron chi connectivity index (χ3n) is 3.13. The van der Waals surface area contributed by atoms with Gasteiger partial charge in [0.05, 0.1) is 16.9 Å². The first-order chi connectivity index (χ1) is 9.81. The molecule has 0 saturated carbocycles. The fourth-order valence-corrected chi connectivity index (χ4v) is 3.49. The predicted octanol–water partition coefficient (Wildman–Crippen LogP) is 1.00. The van der Waals surface area contributed by atoms with Crippen LogP contribution in [0.5, 0.6) is 0 Å². The van der Waals surface area contributed by atoms with Crippen molar-refractivity contribution in [3.63, 3.8) is 0 Å². The molecule has 2 heterocycles. The van der Waals surface area contributed by atoms with Crippen LogP contribution in [0.4, 0.5) is 0 Å². The van der Waals surface area contributed by atoms with E-state index in [0.717, 1.165) is 22.2 Å². The van der Waals surface area contributed by atoms with Gasteiger partial charge in [-0.2, -0.15) is 0 Å². The molecule has 0 N–H and O–H groups in total. The molecule has 2 rings (SSSR count). The summed E-state index contributed by atoms with van der Waals surface area (Å²) in [5, 5.41) is 11.3. The maximum absolute atomic E-state index is 12.4. The van der Waals surface area contributed by atoms with Crippen molar-refractivity contribution in [3.8, 4) is 0 Å². The van der Waals surface area contributed by atoms with Gasteiger partial charge >= 0.3 is 0 Å². The number of aromatic nitrogens is 1. The summed E-state index contributed by atoms with van der Waals surface area (Å²) in [6, 6.07) is 0.824. The van der Waals surface area contributed by atoms with Crippen molar-refractivity contribution in [2.24, 2.45) is 13.0 Å². The molecule has 21 heavy (non-hydrogen) atoms. The molecule has 1 saturated heterocycles. The minimum atomic E-state index is -1.29. The van der Waals surface area contributed by atoms with E-state index in [-0.39, 0.29) is 16.1 Å². The Morgan fingerprint density at radius 3 is 2.62 bits per heavy atom. The van der Waals surface area contributed by atoms with Crippen LogP contribution >= 0.6 is 24.0 Å². The lowest BCUT2D eigenvalue weighted by atomic mass is 10.0. The molecule has 7 heteroatoms. The van der Waals surface area contributed by atoms with Gasteiger partial charge in [-0.15, -0.1) is 0 Å². The van der Waals surface area contributed by atoms with Crippen molar-refractivity contribution >= 4 is 46.3 Å². The highest BCUT2D eigenvalue weighted by Gasteiger charge is 2.38. The highest BCUT2D eigenvalue weighted by molar-refractivity contribution is 8.26. The molecular weight excluding hydrogens is 308 g/mol. The van der Waals surface area contributed by atoms with Crippen molar-refractivity contribution < 1.29 is 14.7 Å². The monoisotopic (exact) mass is 323 g/mol. The zero-order valence-electron chi connectivity index (χ0n) is 11.9. The Balaban J connectivity index is 2.32. The van der Waals surface area contributed by atoms with Crippen LogP contribution in [0.15, 0.2) is 23.4 Å². The fourth-order valence-electron chi connectivity index (χ4n) is 2.16. The number of hydrogen-bond acceptors (Lipinski definition) is 5. The molecule has 5 nitrogen and oxygen atoms in total. The molecular formula is C14H15N2O3S2-. The summed E-state index contributed by atoms with van der Waals surface area (Å²) < 4.78 is 2.12. The summed E-state index contributed by atoms with van der Waals surface area (Å²) in [6.45, 7) is 3.44. The maximum atomic E-state index is 12.4. The lowest BCUT2D eigenvalue weighted by molar-refractivity contribution is -0.311. The molecule has 0 radical (unpaired) electrons. The predicted molar refractivity (Wildman–Crippen MR) is 84.1 cm³/mol. The van der Waals surface area contributed by atoms with Gasteiger partial charge in [-0.25, -0.2) is 0 Å². The molecule has 1 amide bonds. The third-order valence-corrected chi connectivity index (χ3v) is 4.46. The van der Waals surface area contributed by atoms with E-state index in [4.69, 9.17) is 12.2 Å². The largest absolute Gasteiger partial charge is 0.548 e. The summed E-state index contributed by atoms with van der Waals surface area (Å²) in [6.07, 6.45) is 5.45. The number of hydrogen-bond donors (Lipinski definition) is 0. The van der Waals surface area contributed by atoms with Crippen LogP contribution < -0.4 is 5.11 Å². The number of carbonyl (C=O) groups is 2. The molecule has 112 valence electrons. The van der Waals surface area contributed by atoms with Crippen LogP contribution in [0.1, 0.15) is 19.4 Å². The van der Waals surface area contributed by atoms with E-state index in [2.05, 4.69) is 0 Å². The average Bonchev–Trinajstić information content (AvgIpc) is 2.88. The number of thiocarbonyl (C=S) groups is 1. The van der Waals surface area contributed by atoms with Gasteiger partial charge in [0.25, 0.3) is 5.91 Å². The minimum Gasteiger partial charge on any atom is -0.548 e. The molecule has 1 fully saturated rings. The molecule has 0 spiro atoms. The molecule has 1 atom stereocenters. The van der Waals surface area contributed by atoms with Crippen LogP contribution in [-0.2, 0) is 16.6 Å². The summed E-state index contributed by atoms with van der Waals surface area (Å²) in [5.74, 6) is -1.95. The first-order valence-electron chi connectivity index (χ1n) is 6.41. The number of thioether (sulfide) groups is 1. The molecule has 1 aliphatic rings. The molecule has 0 bridgehead atoms. The van der Waals surface area contributed by atoms with Gasteiger partial charge in [-0.05, 0) is 23.6 Å². The highest BCUT2D eigenvalue weighted by atomic mass is 32.2. The van der Waals surface area contributed by atoms with Gasteiger partial charge < -0.3 is 14.5 Å². The van der Waals surface area contributed by atoms with Crippen LogP contribution in [0.3, 0.4) is 0 Å². The first kappa shape index (κ1) is 15.8. The Morgan fingerprint density at radius 1 is 1.48 bits per heavy atom. The SMILES string of the molecule is CC(C)[C@H](C(=O)[O-])N1C(=O)/C(=C\c2ccn(C)c2)SC1=S. The van der Waals surface area contributed by atoms with Gasteiger partial charge in [0.1, 0.15) is 4.32 Å². The molecule has 1 aliphatic heterocycles. The van der Waals surface area contributed by atoms with Crippen molar-refractivity contribution in [2.45, 2.75) is 19.9 Å². The van der Waals surface area contributed by atoms with Gasteiger partial charge in [0.2, 0.25) is 0 Å². The second kappa shape index (κ2) is 6.03. The quantitative estimate of drug-likeness (QED) is 0.611. The molecule has 0 aliphatic carbocycles. The van der Waals surface area contributed by atoms with Gasteiger partial charge in [0.15, 0.2) is 0 Å². The standard InChI is InChI=1S/C14H16N2O3S2/c1-8(2)11(13(18)19)16-12(17)10(21-14(16)20)6-9-4-5-15(3)7-9/h4-8,11H,1-3H3,(H,18,19)/p-1/b10-6+/t11-/m1/s1. The molecule has 1 aromatic heterocycles. The van der Waals surface area contributed by atoms with E-state index in [0.29, 0.717) is 4.91 Å². The summed E-state index contributed by atoms with van der Waals surface area (Å²) in [7, 11) is 1.88. The third kappa shape index (κ3) is 3.19. The Hall–Kier alpha value is -1.60. The van der Waals surface area contributed by atoms with Crippen molar-refractivity contribution in [1.29, 1.82) is 0 Å². The van der Waals surface area contributed by atoms with Crippen LogP contribution in [0.25, 0.3) is 6.08 Å². The highest BCUT2D eigenvalue weighted by Crippen LogP contribution is 2.35. The van der Waals surface area contributed by atoms with E-state index in [1.54, 1.807) is 19.9 Å². The maximum Gasteiger partial charge on any atom is 0.266 e. The number of aryl methyl sites for hydroxylation is 1. The number of rotatable bonds is 4. The van der Waals surface area contributed by atoms with Crippen LogP contribution in [0.2, 0.25) is 0 Å². The number of carboxylic acid groups (broad SMARTS) is 1. The number of nitrogens with zero attached hydrogens (tertiary/aromatic N) is 2. The normalized spacial score (nSPS) is 18.9. The van der Waals surface area contributed by atoms with Crippen molar-refractivity contribution in [3.05, 3.63) is 28.9 Å². The van der Waals surface area contributed by atoms with Crippen LogP contribution in [-0.4, -0.2) is 31.7 Å². The van der Waals surface area contributed by atoms with E-state index in [9.17, 15) is 14.7 Å². The van der Waals surface area contributed by atoms with Gasteiger partial charge in [0, 0.05) is 19.4 Å². The smallest absolute Gasteiger partial charge is 0.266 e. The van der Waals surface area contributed by atoms with Crippen molar-refractivity contribution in [1.82, 2.24) is 9.47 Å².